The summed E-state index contributed by atoms with van der Waals surface area (Å²) in [4.78, 5) is 0. The monoisotopic (exact) mass is 320 g/mol. The third kappa shape index (κ3) is 2.26. The summed E-state index contributed by atoms with van der Waals surface area (Å²) >= 11 is 3.22. The van der Waals surface area contributed by atoms with Crippen molar-refractivity contribution in [1.82, 2.24) is 10.2 Å². The number of hydrogen-bond acceptors (Lipinski definition) is 3. The van der Waals surface area contributed by atoms with E-state index in [4.69, 9.17) is 5.73 Å². The summed E-state index contributed by atoms with van der Waals surface area (Å²) < 4.78 is 14.5. The zero-order valence-corrected chi connectivity index (χ0v) is 11.3. The van der Waals surface area contributed by atoms with Crippen LogP contribution in [0.2, 0.25) is 0 Å². The van der Waals surface area contributed by atoms with Crippen LogP contribution in [0.5, 0.6) is 0 Å². The SMILES string of the molecule is Nc1cc2cn[nH]c2cc1Nc1ccc(Br)cc1F. The van der Waals surface area contributed by atoms with Gasteiger partial charge in [0.2, 0.25) is 0 Å². The highest BCUT2D eigenvalue weighted by Crippen LogP contribution is 2.29. The number of anilines is 3. The molecule has 0 saturated carbocycles. The van der Waals surface area contributed by atoms with Gasteiger partial charge in [-0.05, 0) is 30.3 Å². The highest BCUT2D eigenvalue weighted by molar-refractivity contribution is 9.10. The highest BCUT2D eigenvalue weighted by Gasteiger charge is 2.07. The Labute approximate surface area is 116 Å². The molecule has 3 aromatic rings. The highest BCUT2D eigenvalue weighted by atomic mass is 79.9. The predicted molar refractivity (Wildman–Crippen MR) is 77.9 cm³/mol. The Hall–Kier alpha value is -2.08. The first-order valence-corrected chi connectivity index (χ1v) is 6.37. The Kier molecular flexibility index (Phi) is 2.87. The Morgan fingerprint density at radius 2 is 2.05 bits per heavy atom. The molecule has 0 aliphatic carbocycles. The fourth-order valence-electron chi connectivity index (χ4n) is 1.85. The van der Waals surface area contributed by atoms with Gasteiger partial charge in [-0.25, -0.2) is 4.39 Å². The largest absolute Gasteiger partial charge is 0.397 e. The lowest BCUT2D eigenvalue weighted by Gasteiger charge is -2.10. The minimum absolute atomic E-state index is 0.349. The number of aromatic amines is 1. The predicted octanol–water partition coefficient (Wildman–Crippen LogP) is 3.79. The van der Waals surface area contributed by atoms with Crippen LogP contribution in [0.15, 0.2) is 41.0 Å². The second kappa shape index (κ2) is 4.55. The van der Waals surface area contributed by atoms with Gasteiger partial charge in [-0.15, -0.1) is 0 Å². The van der Waals surface area contributed by atoms with Crippen LogP contribution in [0.25, 0.3) is 10.9 Å². The first kappa shape index (κ1) is 12.0. The molecule has 3 rings (SSSR count). The molecule has 0 aliphatic rings. The number of nitrogen functional groups attached to an aromatic ring is 1. The van der Waals surface area contributed by atoms with Gasteiger partial charge in [0.25, 0.3) is 0 Å². The van der Waals surface area contributed by atoms with Crippen LogP contribution < -0.4 is 11.1 Å². The van der Waals surface area contributed by atoms with Crippen LogP contribution in [0.3, 0.4) is 0 Å². The molecule has 0 atom stereocenters. The van der Waals surface area contributed by atoms with E-state index in [2.05, 4.69) is 31.4 Å². The van der Waals surface area contributed by atoms with Crippen molar-refractivity contribution in [3.05, 3.63) is 46.8 Å². The summed E-state index contributed by atoms with van der Waals surface area (Å²) in [5.41, 5.74) is 8.32. The fourth-order valence-corrected chi connectivity index (χ4v) is 2.19. The zero-order valence-electron chi connectivity index (χ0n) is 9.74. The van der Waals surface area contributed by atoms with Crippen molar-refractivity contribution in [2.75, 3.05) is 11.1 Å². The quantitative estimate of drug-likeness (QED) is 0.629. The van der Waals surface area contributed by atoms with Crippen LogP contribution in [0, 0.1) is 5.82 Å². The second-order valence-corrected chi connectivity index (χ2v) is 5.06. The van der Waals surface area contributed by atoms with Gasteiger partial charge in [-0.3, -0.25) is 5.10 Å². The summed E-state index contributed by atoms with van der Waals surface area (Å²) in [5.74, 6) is -0.349. The van der Waals surface area contributed by atoms with Gasteiger partial charge in [0.15, 0.2) is 0 Å². The summed E-state index contributed by atoms with van der Waals surface area (Å²) in [6.45, 7) is 0. The molecule has 0 amide bonds. The number of H-pyrrole nitrogens is 1. The minimum Gasteiger partial charge on any atom is -0.397 e. The van der Waals surface area contributed by atoms with Gasteiger partial charge in [-0.1, -0.05) is 15.9 Å². The van der Waals surface area contributed by atoms with E-state index in [1.165, 1.54) is 6.07 Å². The maximum atomic E-state index is 13.8. The number of nitrogens with one attached hydrogen (secondary N) is 2. The number of aromatic nitrogens is 2. The lowest BCUT2D eigenvalue weighted by Crippen LogP contribution is -1.98. The van der Waals surface area contributed by atoms with Crippen molar-refractivity contribution < 1.29 is 4.39 Å². The first-order chi connectivity index (χ1) is 9.13. The number of rotatable bonds is 2. The van der Waals surface area contributed by atoms with Crippen LogP contribution in [-0.4, -0.2) is 10.2 Å². The maximum absolute atomic E-state index is 13.8. The van der Waals surface area contributed by atoms with Gasteiger partial charge in [-0.2, -0.15) is 5.10 Å². The van der Waals surface area contributed by atoms with Gasteiger partial charge < -0.3 is 11.1 Å². The van der Waals surface area contributed by atoms with E-state index in [1.54, 1.807) is 30.5 Å². The fraction of sp³-hybridized carbons (Fsp3) is 0. The normalized spacial score (nSPS) is 10.8. The molecule has 0 unspecified atom stereocenters. The lowest BCUT2D eigenvalue weighted by molar-refractivity contribution is 0.631. The van der Waals surface area contributed by atoms with E-state index >= 15 is 0 Å². The van der Waals surface area contributed by atoms with Gasteiger partial charge >= 0.3 is 0 Å². The number of nitrogens with two attached hydrogens (primary N) is 1. The molecule has 4 nitrogen and oxygen atoms in total. The van der Waals surface area contributed by atoms with E-state index < -0.39 is 0 Å². The van der Waals surface area contributed by atoms with Crippen LogP contribution in [0.1, 0.15) is 0 Å². The molecule has 2 aromatic carbocycles. The van der Waals surface area contributed by atoms with Crippen molar-refractivity contribution in [2.45, 2.75) is 0 Å². The number of nitrogens with zero attached hydrogens (tertiary/aromatic N) is 1. The molecule has 0 aliphatic heterocycles. The molecular weight excluding hydrogens is 311 g/mol. The molecule has 19 heavy (non-hydrogen) atoms. The van der Waals surface area contributed by atoms with E-state index in [-0.39, 0.29) is 5.82 Å². The molecule has 0 saturated heterocycles. The Balaban J connectivity index is 2.02. The molecular formula is C13H10BrFN4. The smallest absolute Gasteiger partial charge is 0.147 e. The second-order valence-electron chi connectivity index (χ2n) is 4.15. The number of benzene rings is 2. The average molecular weight is 321 g/mol. The summed E-state index contributed by atoms with van der Waals surface area (Å²) in [5, 5.41) is 10.7. The van der Waals surface area contributed by atoms with Gasteiger partial charge in [0.1, 0.15) is 5.82 Å². The molecule has 0 bridgehead atoms. The molecule has 0 spiro atoms. The molecule has 1 heterocycles. The standard InChI is InChI=1S/C13H10BrFN4/c14-8-1-2-11(9(15)4-8)18-13-5-12-7(3-10(13)16)6-17-19-12/h1-6,18H,16H2,(H,17,19). The van der Waals surface area contributed by atoms with E-state index in [1.807, 2.05) is 0 Å². The van der Waals surface area contributed by atoms with Crippen molar-refractivity contribution in [1.29, 1.82) is 0 Å². The summed E-state index contributed by atoms with van der Waals surface area (Å²) in [7, 11) is 0. The summed E-state index contributed by atoms with van der Waals surface area (Å²) in [6, 6.07) is 8.40. The first-order valence-electron chi connectivity index (χ1n) is 5.58. The Morgan fingerprint density at radius 1 is 1.21 bits per heavy atom. The molecule has 4 N–H and O–H groups in total. The van der Waals surface area contributed by atoms with E-state index in [0.29, 0.717) is 21.5 Å². The van der Waals surface area contributed by atoms with Gasteiger partial charge in [0.05, 0.1) is 28.8 Å². The molecule has 6 heteroatoms. The van der Waals surface area contributed by atoms with Crippen molar-refractivity contribution in [3.63, 3.8) is 0 Å². The lowest BCUT2D eigenvalue weighted by atomic mass is 10.2. The van der Waals surface area contributed by atoms with Crippen molar-refractivity contribution in [2.24, 2.45) is 0 Å². The maximum Gasteiger partial charge on any atom is 0.147 e. The number of halogens is 2. The topological polar surface area (TPSA) is 66.7 Å². The third-order valence-electron chi connectivity index (χ3n) is 2.81. The number of fused-ring (bicyclic) bond motifs is 1. The molecule has 96 valence electrons. The number of hydrogen-bond donors (Lipinski definition) is 3. The molecule has 1 aromatic heterocycles. The van der Waals surface area contributed by atoms with Crippen LogP contribution >= 0.6 is 15.9 Å². The van der Waals surface area contributed by atoms with Crippen molar-refractivity contribution >= 4 is 43.9 Å². The van der Waals surface area contributed by atoms with E-state index in [9.17, 15) is 4.39 Å². The van der Waals surface area contributed by atoms with Crippen LogP contribution in [0.4, 0.5) is 21.5 Å². The molecule has 0 fully saturated rings. The zero-order chi connectivity index (χ0) is 13.4. The van der Waals surface area contributed by atoms with Gasteiger partial charge in [0, 0.05) is 9.86 Å². The van der Waals surface area contributed by atoms with Crippen molar-refractivity contribution in [3.8, 4) is 0 Å². The average Bonchev–Trinajstić information content (AvgIpc) is 2.80. The Morgan fingerprint density at radius 3 is 2.84 bits per heavy atom. The van der Waals surface area contributed by atoms with E-state index in [0.717, 1.165) is 10.9 Å². The van der Waals surface area contributed by atoms with Crippen LogP contribution in [-0.2, 0) is 0 Å². The summed E-state index contributed by atoms with van der Waals surface area (Å²) in [6.07, 6.45) is 1.69. The Bertz CT molecular complexity index is 753. The minimum atomic E-state index is -0.349. The third-order valence-corrected chi connectivity index (χ3v) is 3.30. The molecule has 0 radical (unpaired) electrons.